The molecule has 0 amide bonds. The Bertz CT molecular complexity index is 1350. The van der Waals surface area contributed by atoms with E-state index in [1.54, 1.807) is 27.7 Å². The lowest BCUT2D eigenvalue weighted by Gasteiger charge is -2.38. The lowest BCUT2D eigenvalue weighted by molar-refractivity contribution is -0.274. The molecule has 39 heavy (non-hydrogen) atoms. The van der Waals surface area contributed by atoms with Crippen LogP contribution in [0.1, 0.15) is 49.8 Å². The van der Waals surface area contributed by atoms with Crippen LogP contribution in [0.5, 0.6) is 5.75 Å². The maximum atomic E-state index is 14.0. The number of pyridine rings is 1. The molecule has 210 valence electrons. The van der Waals surface area contributed by atoms with Crippen LogP contribution in [0.3, 0.4) is 0 Å². The zero-order chi connectivity index (χ0) is 28.2. The quantitative estimate of drug-likeness (QED) is 0.343. The van der Waals surface area contributed by atoms with Gasteiger partial charge >= 0.3 is 12.5 Å². The van der Waals surface area contributed by atoms with Crippen molar-refractivity contribution >= 4 is 17.4 Å². The normalized spacial score (nSPS) is 17.5. The summed E-state index contributed by atoms with van der Waals surface area (Å²) in [5.74, 6) is 0.546. The molecule has 1 fully saturated rings. The lowest BCUT2D eigenvalue weighted by atomic mass is 9.95. The Balaban J connectivity index is 1.44. The summed E-state index contributed by atoms with van der Waals surface area (Å²) < 4.78 is 86.6. The molecule has 3 aromatic rings. The van der Waals surface area contributed by atoms with Crippen LogP contribution in [0.25, 0.3) is 5.69 Å². The Hall–Kier alpha value is -3.06. The van der Waals surface area contributed by atoms with Crippen LogP contribution in [-0.4, -0.2) is 55.8 Å². The number of ether oxygens (including phenoxy) is 1. The van der Waals surface area contributed by atoms with E-state index in [4.69, 9.17) is 11.6 Å². The molecule has 0 spiro atoms. The number of alkyl halides is 6. The van der Waals surface area contributed by atoms with Gasteiger partial charge in [-0.15, -0.1) is 23.4 Å². The Morgan fingerprint density at radius 2 is 1.69 bits per heavy atom. The van der Waals surface area contributed by atoms with Crippen molar-refractivity contribution < 1.29 is 31.1 Å². The number of fused-ring (bicyclic) bond motifs is 3. The smallest absolute Gasteiger partial charge is 0.402 e. The highest BCUT2D eigenvalue weighted by Crippen LogP contribution is 2.41. The van der Waals surface area contributed by atoms with E-state index in [-0.39, 0.29) is 30.6 Å². The SMILES string of the molecule is CC(C)(N1Cc2cc(Cl)ccc2-n2c(nnc2C2CCN(c3ncccc3OC(F)(F)F)CC2)C1)C(F)(F)F. The number of rotatable bonds is 4. The molecule has 5 rings (SSSR count). The van der Waals surface area contributed by atoms with E-state index in [0.29, 0.717) is 53.9 Å². The summed E-state index contributed by atoms with van der Waals surface area (Å²) >= 11 is 6.23. The highest BCUT2D eigenvalue weighted by Gasteiger charge is 2.52. The largest absolute Gasteiger partial charge is 0.573 e. The van der Waals surface area contributed by atoms with Gasteiger partial charge < -0.3 is 9.64 Å². The van der Waals surface area contributed by atoms with Crippen LogP contribution in [0.4, 0.5) is 32.2 Å². The Kier molecular flexibility index (Phi) is 6.94. The maximum absolute atomic E-state index is 14.0. The summed E-state index contributed by atoms with van der Waals surface area (Å²) in [6.07, 6.45) is -6.90. The molecule has 0 atom stereocenters. The zero-order valence-electron chi connectivity index (χ0n) is 21.0. The predicted octanol–water partition coefficient (Wildman–Crippen LogP) is 6.25. The molecule has 0 aliphatic carbocycles. The molecule has 0 radical (unpaired) electrons. The molecular formula is C25H25ClF6N6O. The minimum Gasteiger partial charge on any atom is -0.402 e. The molecule has 4 heterocycles. The minimum absolute atomic E-state index is 0.00526. The Labute approximate surface area is 225 Å². The van der Waals surface area contributed by atoms with Gasteiger partial charge in [-0.1, -0.05) is 11.6 Å². The molecule has 7 nitrogen and oxygen atoms in total. The van der Waals surface area contributed by atoms with Crippen molar-refractivity contribution in [2.45, 2.75) is 63.8 Å². The van der Waals surface area contributed by atoms with Gasteiger partial charge in [-0.2, -0.15) is 13.2 Å². The third kappa shape index (κ3) is 5.38. The standard InChI is InChI=1S/C25H25ClF6N6O/c1-23(2,24(27,28)29)37-13-16-12-17(26)5-6-18(16)38-20(14-37)34-35-21(38)15-7-10-36(11-8-15)22-19(4-3-9-33-22)39-25(30,31)32/h3-6,9,12,15H,7-8,10-11,13-14H2,1-2H3. The van der Waals surface area contributed by atoms with Gasteiger partial charge in [0.15, 0.2) is 17.4 Å². The molecule has 0 bridgehead atoms. The molecule has 0 saturated carbocycles. The van der Waals surface area contributed by atoms with Gasteiger partial charge in [0.05, 0.1) is 12.2 Å². The zero-order valence-corrected chi connectivity index (χ0v) is 21.8. The van der Waals surface area contributed by atoms with Crippen LogP contribution in [0.15, 0.2) is 36.5 Å². The summed E-state index contributed by atoms with van der Waals surface area (Å²) in [4.78, 5) is 7.14. The number of aromatic nitrogens is 4. The van der Waals surface area contributed by atoms with E-state index in [2.05, 4.69) is 19.9 Å². The number of piperidine rings is 1. The van der Waals surface area contributed by atoms with Crippen molar-refractivity contribution in [1.29, 1.82) is 0 Å². The molecular weight excluding hydrogens is 550 g/mol. The van der Waals surface area contributed by atoms with Crippen molar-refractivity contribution in [1.82, 2.24) is 24.6 Å². The van der Waals surface area contributed by atoms with Gasteiger partial charge in [0.1, 0.15) is 11.4 Å². The predicted molar refractivity (Wildman–Crippen MR) is 131 cm³/mol. The summed E-state index contributed by atoms with van der Waals surface area (Å²) in [6, 6.07) is 7.67. The van der Waals surface area contributed by atoms with Gasteiger partial charge in [0.2, 0.25) is 0 Å². The third-order valence-electron chi connectivity index (χ3n) is 7.35. The first-order chi connectivity index (χ1) is 18.2. The fourth-order valence-electron chi connectivity index (χ4n) is 5.04. The third-order valence-corrected chi connectivity index (χ3v) is 7.59. The second-order valence-corrected chi connectivity index (χ2v) is 10.6. The number of anilines is 1. The first-order valence-electron chi connectivity index (χ1n) is 12.2. The van der Waals surface area contributed by atoms with Crippen molar-refractivity contribution in [2.75, 3.05) is 18.0 Å². The van der Waals surface area contributed by atoms with E-state index in [0.717, 1.165) is 13.8 Å². The first-order valence-corrected chi connectivity index (χ1v) is 12.6. The van der Waals surface area contributed by atoms with Crippen molar-refractivity contribution in [3.05, 3.63) is 58.8 Å². The van der Waals surface area contributed by atoms with E-state index >= 15 is 0 Å². The fraction of sp³-hybridized carbons (Fsp3) is 0.480. The van der Waals surface area contributed by atoms with Crippen molar-refractivity contribution in [3.63, 3.8) is 0 Å². The Morgan fingerprint density at radius 1 is 0.974 bits per heavy atom. The molecule has 0 N–H and O–H groups in total. The first kappa shape index (κ1) is 27.5. The summed E-state index contributed by atoms with van der Waals surface area (Å²) in [5, 5.41) is 9.08. The van der Waals surface area contributed by atoms with E-state index < -0.39 is 18.1 Å². The number of hydrogen-bond acceptors (Lipinski definition) is 6. The van der Waals surface area contributed by atoms with Gasteiger partial charge in [0, 0.05) is 36.8 Å². The highest BCUT2D eigenvalue weighted by atomic mass is 35.5. The van der Waals surface area contributed by atoms with Crippen molar-refractivity contribution in [3.8, 4) is 11.4 Å². The molecule has 1 aromatic carbocycles. The molecule has 14 heteroatoms. The minimum atomic E-state index is -4.85. The number of nitrogens with zero attached hydrogens (tertiary/aromatic N) is 6. The van der Waals surface area contributed by atoms with E-state index in [1.807, 2.05) is 0 Å². The number of halogens is 7. The molecule has 1 saturated heterocycles. The van der Waals surface area contributed by atoms with Crippen LogP contribution in [0, 0.1) is 0 Å². The van der Waals surface area contributed by atoms with Gasteiger partial charge in [-0.05, 0) is 62.6 Å². The molecule has 2 aliphatic heterocycles. The van der Waals surface area contributed by atoms with Crippen molar-refractivity contribution in [2.24, 2.45) is 0 Å². The molecule has 2 aromatic heterocycles. The molecule has 2 aliphatic rings. The number of benzene rings is 1. The van der Waals surface area contributed by atoms with Gasteiger partial charge in [-0.25, -0.2) is 4.98 Å². The van der Waals surface area contributed by atoms with Gasteiger partial charge in [0.25, 0.3) is 0 Å². The second kappa shape index (κ2) is 9.84. The maximum Gasteiger partial charge on any atom is 0.573 e. The van der Waals surface area contributed by atoms with E-state index in [9.17, 15) is 26.3 Å². The van der Waals surface area contributed by atoms with Crippen LogP contribution in [0.2, 0.25) is 5.02 Å². The summed E-state index contributed by atoms with van der Waals surface area (Å²) in [5.41, 5.74) is -0.875. The van der Waals surface area contributed by atoms with Crippen LogP contribution >= 0.6 is 11.6 Å². The average molecular weight is 575 g/mol. The monoisotopic (exact) mass is 574 g/mol. The van der Waals surface area contributed by atoms with E-state index in [1.165, 1.54) is 23.2 Å². The Morgan fingerprint density at radius 3 is 2.36 bits per heavy atom. The topological polar surface area (TPSA) is 59.3 Å². The van der Waals surface area contributed by atoms with Crippen LogP contribution < -0.4 is 9.64 Å². The number of hydrogen-bond donors (Lipinski definition) is 0. The summed E-state index contributed by atoms with van der Waals surface area (Å²) in [7, 11) is 0. The van der Waals surface area contributed by atoms with Crippen LogP contribution in [-0.2, 0) is 13.1 Å². The molecule has 0 unspecified atom stereocenters. The average Bonchev–Trinajstić information content (AvgIpc) is 3.18. The van der Waals surface area contributed by atoms with Gasteiger partial charge in [-0.3, -0.25) is 9.47 Å². The highest BCUT2D eigenvalue weighted by molar-refractivity contribution is 6.30. The lowest BCUT2D eigenvalue weighted by Crippen LogP contribution is -2.53. The fourth-order valence-corrected chi connectivity index (χ4v) is 5.23. The second-order valence-electron chi connectivity index (χ2n) is 10.1. The summed E-state index contributed by atoms with van der Waals surface area (Å²) in [6.45, 7) is 2.93.